The zero-order chi connectivity index (χ0) is 14.0. The monoisotopic (exact) mass is 274 g/mol. The Labute approximate surface area is 119 Å². The van der Waals surface area contributed by atoms with Gasteiger partial charge in [0.05, 0.1) is 5.60 Å². The number of rotatable bonds is 4. The van der Waals surface area contributed by atoms with E-state index in [1.165, 1.54) is 6.42 Å². The van der Waals surface area contributed by atoms with E-state index in [1.807, 2.05) is 24.4 Å². The third kappa shape index (κ3) is 2.77. The summed E-state index contributed by atoms with van der Waals surface area (Å²) in [7, 11) is 0. The van der Waals surface area contributed by atoms with Crippen LogP contribution in [0.15, 0.2) is 24.4 Å². The highest BCUT2D eigenvalue weighted by Crippen LogP contribution is 2.33. The number of aliphatic hydroxyl groups is 1. The fourth-order valence-corrected chi connectivity index (χ4v) is 2.95. The molecule has 5 nitrogen and oxygen atoms in total. The minimum absolute atomic E-state index is 0.528. The van der Waals surface area contributed by atoms with E-state index >= 15 is 0 Å². The van der Waals surface area contributed by atoms with Gasteiger partial charge in [-0.3, -0.25) is 0 Å². The number of anilines is 1. The summed E-state index contributed by atoms with van der Waals surface area (Å²) in [5.74, 6) is 1.37. The molecule has 0 aromatic carbocycles. The zero-order valence-corrected chi connectivity index (χ0v) is 11.9. The van der Waals surface area contributed by atoms with E-state index in [0.29, 0.717) is 12.5 Å². The molecular weight excluding hydrogens is 252 g/mol. The van der Waals surface area contributed by atoms with Gasteiger partial charge >= 0.3 is 0 Å². The molecular formula is C15H22N4O. The van der Waals surface area contributed by atoms with E-state index in [1.54, 1.807) is 4.52 Å². The minimum atomic E-state index is -0.608. The molecule has 5 heteroatoms. The second-order valence-electron chi connectivity index (χ2n) is 5.87. The maximum atomic E-state index is 10.6. The van der Waals surface area contributed by atoms with Crippen molar-refractivity contribution in [3.8, 4) is 0 Å². The van der Waals surface area contributed by atoms with E-state index in [-0.39, 0.29) is 0 Å². The Morgan fingerprint density at radius 1 is 1.40 bits per heavy atom. The molecule has 0 unspecified atom stereocenters. The third-order valence-electron chi connectivity index (χ3n) is 4.43. The summed E-state index contributed by atoms with van der Waals surface area (Å²) >= 11 is 0. The van der Waals surface area contributed by atoms with Gasteiger partial charge in [-0.25, -0.2) is 4.52 Å². The maximum Gasteiger partial charge on any atom is 0.243 e. The summed E-state index contributed by atoms with van der Waals surface area (Å²) < 4.78 is 1.74. The molecule has 1 fully saturated rings. The molecule has 0 spiro atoms. The summed E-state index contributed by atoms with van der Waals surface area (Å²) in [5, 5.41) is 18.1. The van der Waals surface area contributed by atoms with E-state index in [2.05, 4.69) is 22.3 Å². The topological polar surface area (TPSA) is 62.5 Å². The first-order valence-electron chi connectivity index (χ1n) is 7.46. The van der Waals surface area contributed by atoms with Crippen molar-refractivity contribution in [3.63, 3.8) is 0 Å². The first-order valence-corrected chi connectivity index (χ1v) is 7.46. The van der Waals surface area contributed by atoms with Crippen molar-refractivity contribution in [1.82, 2.24) is 14.6 Å². The number of aromatic nitrogens is 3. The van der Waals surface area contributed by atoms with Gasteiger partial charge < -0.3 is 10.4 Å². The minimum Gasteiger partial charge on any atom is -0.388 e. The molecule has 2 aromatic rings. The number of hydrogen-bond donors (Lipinski definition) is 2. The Hall–Kier alpha value is -1.62. The van der Waals surface area contributed by atoms with Crippen LogP contribution in [-0.4, -0.2) is 31.9 Å². The van der Waals surface area contributed by atoms with Gasteiger partial charge in [0.1, 0.15) is 0 Å². The van der Waals surface area contributed by atoms with Crippen molar-refractivity contribution in [2.75, 3.05) is 11.9 Å². The molecule has 0 bridgehead atoms. The first-order chi connectivity index (χ1) is 9.68. The van der Waals surface area contributed by atoms with Crippen molar-refractivity contribution in [1.29, 1.82) is 0 Å². The maximum absolute atomic E-state index is 10.6. The smallest absolute Gasteiger partial charge is 0.243 e. The lowest BCUT2D eigenvalue weighted by Gasteiger charge is -2.35. The van der Waals surface area contributed by atoms with Crippen LogP contribution in [-0.2, 0) is 0 Å². The number of nitrogens with one attached hydrogen (secondary N) is 1. The molecule has 0 radical (unpaired) electrons. The van der Waals surface area contributed by atoms with Crippen molar-refractivity contribution < 1.29 is 5.11 Å². The molecule has 1 aliphatic carbocycles. The van der Waals surface area contributed by atoms with Gasteiger partial charge in [-0.15, -0.1) is 5.10 Å². The largest absolute Gasteiger partial charge is 0.388 e. The molecule has 3 rings (SSSR count). The highest BCUT2D eigenvalue weighted by molar-refractivity contribution is 5.42. The molecule has 2 N–H and O–H groups in total. The second kappa shape index (κ2) is 5.40. The number of pyridine rings is 1. The van der Waals surface area contributed by atoms with Crippen LogP contribution in [0.5, 0.6) is 0 Å². The molecule has 0 atom stereocenters. The van der Waals surface area contributed by atoms with Gasteiger partial charge in [0.25, 0.3) is 0 Å². The molecule has 0 saturated heterocycles. The van der Waals surface area contributed by atoms with E-state index < -0.39 is 5.60 Å². The van der Waals surface area contributed by atoms with E-state index in [9.17, 15) is 5.11 Å². The summed E-state index contributed by atoms with van der Waals surface area (Å²) in [4.78, 5) is 4.39. The lowest BCUT2D eigenvalue weighted by Crippen LogP contribution is -2.40. The molecule has 108 valence electrons. The van der Waals surface area contributed by atoms with Crippen LogP contribution in [0.4, 0.5) is 5.95 Å². The highest BCUT2D eigenvalue weighted by Gasteiger charge is 2.32. The number of fused-ring (bicyclic) bond motifs is 1. The summed E-state index contributed by atoms with van der Waals surface area (Å²) in [6, 6.07) is 5.78. The SMILES string of the molecule is CCC1CCC(O)(CNc2nc3ccccn3n2)CC1. The summed E-state index contributed by atoms with van der Waals surface area (Å²) in [5.41, 5.74) is 0.208. The molecule has 2 aromatic heterocycles. The standard InChI is InChI=1S/C15H22N4O/c1-2-12-6-8-15(20,9-7-12)11-16-14-17-13-5-3-4-10-19(13)18-14/h3-5,10,12,20H,2,6-9,11H2,1H3,(H,16,18). The number of hydrogen-bond acceptors (Lipinski definition) is 4. The van der Waals surface area contributed by atoms with Crippen molar-refractivity contribution >= 4 is 11.6 Å². The van der Waals surface area contributed by atoms with Crippen molar-refractivity contribution in [2.45, 2.75) is 44.6 Å². The fraction of sp³-hybridized carbons (Fsp3) is 0.600. The van der Waals surface area contributed by atoms with Crippen LogP contribution >= 0.6 is 0 Å². The molecule has 20 heavy (non-hydrogen) atoms. The van der Waals surface area contributed by atoms with Gasteiger partial charge in [-0.05, 0) is 43.7 Å². The van der Waals surface area contributed by atoms with Gasteiger partial charge in [-0.1, -0.05) is 19.4 Å². The van der Waals surface area contributed by atoms with Crippen LogP contribution in [0.2, 0.25) is 0 Å². The summed E-state index contributed by atoms with van der Waals surface area (Å²) in [6.45, 7) is 2.76. The molecule has 1 aliphatic rings. The van der Waals surface area contributed by atoms with Crippen LogP contribution in [0.3, 0.4) is 0 Å². The molecule has 2 heterocycles. The van der Waals surface area contributed by atoms with Gasteiger partial charge in [0.2, 0.25) is 5.95 Å². The van der Waals surface area contributed by atoms with Crippen molar-refractivity contribution in [2.24, 2.45) is 5.92 Å². The van der Waals surface area contributed by atoms with Crippen LogP contribution < -0.4 is 5.32 Å². The molecule has 0 aliphatic heterocycles. The average molecular weight is 274 g/mol. The van der Waals surface area contributed by atoms with Crippen LogP contribution in [0.25, 0.3) is 5.65 Å². The van der Waals surface area contributed by atoms with Gasteiger partial charge in [0, 0.05) is 12.7 Å². The normalized spacial score (nSPS) is 26.8. The Kier molecular flexibility index (Phi) is 3.61. The second-order valence-corrected chi connectivity index (χ2v) is 5.87. The van der Waals surface area contributed by atoms with Gasteiger partial charge in [0.15, 0.2) is 5.65 Å². The predicted octanol–water partition coefficient (Wildman–Crippen LogP) is 2.47. The first kappa shape index (κ1) is 13.4. The van der Waals surface area contributed by atoms with E-state index in [4.69, 9.17) is 0 Å². The predicted molar refractivity (Wildman–Crippen MR) is 78.7 cm³/mol. The Morgan fingerprint density at radius 3 is 2.90 bits per heavy atom. The number of nitrogens with zero attached hydrogens (tertiary/aromatic N) is 3. The lowest BCUT2D eigenvalue weighted by atomic mass is 9.78. The zero-order valence-electron chi connectivity index (χ0n) is 11.9. The Balaban J connectivity index is 1.61. The van der Waals surface area contributed by atoms with E-state index in [0.717, 1.165) is 37.2 Å². The molecule has 0 amide bonds. The highest BCUT2D eigenvalue weighted by atomic mass is 16.3. The lowest BCUT2D eigenvalue weighted by molar-refractivity contribution is 0.00216. The third-order valence-corrected chi connectivity index (χ3v) is 4.43. The van der Waals surface area contributed by atoms with Crippen LogP contribution in [0, 0.1) is 5.92 Å². The van der Waals surface area contributed by atoms with Crippen LogP contribution in [0.1, 0.15) is 39.0 Å². The van der Waals surface area contributed by atoms with Gasteiger partial charge in [-0.2, -0.15) is 4.98 Å². The summed E-state index contributed by atoms with van der Waals surface area (Å²) in [6.07, 6.45) is 7.06. The fourth-order valence-electron chi connectivity index (χ4n) is 2.95. The Bertz CT molecular complexity index is 539. The quantitative estimate of drug-likeness (QED) is 0.899. The Morgan fingerprint density at radius 2 is 2.20 bits per heavy atom. The van der Waals surface area contributed by atoms with Crippen molar-refractivity contribution in [3.05, 3.63) is 24.4 Å². The molecule has 1 saturated carbocycles. The average Bonchev–Trinajstić information content (AvgIpc) is 2.89.